The molecule has 1 aromatic heterocycles. The van der Waals surface area contributed by atoms with Crippen molar-refractivity contribution >= 4 is 34.2 Å². The molecule has 0 spiro atoms. The van der Waals surface area contributed by atoms with Crippen LogP contribution < -0.4 is 5.32 Å². The molecule has 0 radical (unpaired) electrons. The Morgan fingerprint density at radius 3 is 3.10 bits per heavy atom. The molecular formula is C14H15ClIN3O. The number of halogens is 2. The summed E-state index contributed by atoms with van der Waals surface area (Å²) in [6, 6.07) is 5.77. The maximum atomic E-state index is 6.12. The first kappa shape index (κ1) is 14.3. The monoisotopic (exact) mass is 403 g/mol. The van der Waals surface area contributed by atoms with Crippen LogP contribution in [-0.4, -0.2) is 23.2 Å². The summed E-state index contributed by atoms with van der Waals surface area (Å²) in [7, 11) is 0. The topological polar surface area (TPSA) is 51.0 Å². The Kier molecular flexibility index (Phi) is 4.58. The fraction of sp³-hybridized carbons (Fsp3) is 0.429. The van der Waals surface area contributed by atoms with Gasteiger partial charge in [-0.2, -0.15) is 4.98 Å². The van der Waals surface area contributed by atoms with E-state index in [1.54, 1.807) is 0 Å². The Morgan fingerprint density at radius 1 is 1.45 bits per heavy atom. The van der Waals surface area contributed by atoms with Crippen LogP contribution in [0.3, 0.4) is 0 Å². The molecule has 0 amide bonds. The lowest BCUT2D eigenvalue weighted by Crippen LogP contribution is -2.31. The molecule has 1 aliphatic rings. The first-order valence-electron chi connectivity index (χ1n) is 6.71. The summed E-state index contributed by atoms with van der Waals surface area (Å²) >= 11 is 8.32. The molecule has 1 aliphatic heterocycles. The van der Waals surface area contributed by atoms with Gasteiger partial charge in [0.2, 0.25) is 0 Å². The highest BCUT2D eigenvalue weighted by atomic mass is 127. The lowest BCUT2D eigenvalue weighted by molar-refractivity contribution is 0.360. The van der Waals surface area contributed by atoms with Crippen LogP contribution >= 0.6 is 34.2 Å². The molecule has 4 nitrogen and oxygen atoms in total. The SMILES string of the molecule is Clc1cc(-c2nc(CC3CCCNC3)no2)ccc1I. The lowest BCUT2D eigenvalue weighted by atomic mass is 9.96. The van der Waals surface area contributed by atoms with E-state index in [9.17, 15) is 0 Å². The summed E-state index contributed by atoms with van der Waals surface area (Å²) in [6.07, 6.45) is 3.32. The molecule has 0 aliphatic carbocycles. The molecule has 1 atom stereocenters. The van der Waals surface area contributed by atoms with E-state index < -0.39 is 0 Å². The van der Waals surface area contributed by atoms with Crippen LogP contribution in [0.1, 0.15) is 18.7 Å². The summed E-state index contributed by atoms with van der Waals surface area (Å²) < 4.78 is 6.36. The molecule has 1 aromatic carbocycles. The molecule has 2 aromatic rings. The number of aromatic nitrogens is 2. The quantitative estimate of drug-likeness (QED) is 0.797. The molecule has 6 heteroatoms. The number of rotatable bonds is 3. The van der Waals surface area contributed by atoms with Gasteiger partial charge in [0.15, 0.2) is 5.82 Å². The molecule has 2 heterocycles. The van der Waals surface area contributed by atoms with Gasteiger partial charge in [-0.25, -0.2) is 0 Å². The highest BCUT2D eigenvalue weighted by Gasteiger charge is 2.17. The molecule has 1 N–H and O–H groups in total. The van der Waals surface area contributed by atoms with Gasteiger partial charge < -0.3 is 9.84 Å². The van der Waals surface area contributed by atoms with E-state index in [0.717, 1.165) is 34.5 Å². The van der Waals surface area contributed by atoms with Gasteiger partial charge in [0.25, 0.3) is 5.89 Å². The summed E-state index contributed by atoms with van der Waals surface area (Å²) in [5.41, 5.74) is 0.871. The van der Waals surface area contributed by atoms with Crippen molar-refractivity contribution in [3.8, 4) is 11.5 Å². The van der Waals surface area contributed by atoms with E-state index in [4.69, 9.17) is 16.1 Å². The summed E-state index contributed by atoms with van der Waals surface area (Å²) in [4.78, 5) is 4.48. The summed E-state index contributed by atoms with van der Waals surface area (Å²) in [5, 5.41) is 8.19. The Labute approximate surface area is 136 Å². The van der Waals surface area contributed by atoms with Crippen molar-refractivity contribution < 1.29 is 4.52 Å². The Bertz CT molecular complexity index is 596. The van der Waals surface area contributed by atoms with Crippen molar-refractivity contribution in [3.05, 3.63) is 32.6 Å². The van der Waals surface area contributed by atoms with Gasteiger partial charge >= 0.3 is 0 Å². The van der Waals surface area contributed by atoms with Crippen molar-refractivity contribution in [1.29, 1.82) is 0 Å². The second-order valence-electron chi connectivity index (χ2n) is 5.06. The van der Waals surface area contributed by atoms with Crippen LogP contribution in [-0.2, 0) is 6.42 Å². The third kappa shape index (κ3) is 3.32. The summed E-state index contributed by atoms with van der Waals surface area (Å²) in [6.45, 7) is 2.16. The van der Waals surface area contributed by atoms with Crippen LogP contribution in [0.4, 0.5) is 0 Å². The third-order valence-corrected chi connectivity index (χ3v) is 5.08. The number of hydrogen-bond acceptors (Lipinski definition) is 4. The van der Waals surface area contributed by atoms with Gasteiger partial charge in [-0.1, -0.05) is 16.8 Å². The van der Waals surface area contributed by atoms with E-state index in [-0.39, 0.29) is 0 Å². The van der Waals surface area contributed by atoms with E-state index in [2.05, 4.69) is 38.0 Å². The van der Waals surface area contributed by atoms with Crippen LogP contribution in [0.15, 0.2) is 22.7 Å². The van der Waals surface area contributed by atoms with Crippen LogP contribution in [0.2, 0.25) is 5.02 Å². The van der Waals surface area contributed by atoms with Crippen LogP contribution in [0.25, 0.3) is 11.5 Å². The second-order valence-corrected chi connectivity index (χ2v) is 6.63. The van der Waals surface area contributed by atoms with Crippen molar-refractivity contribution in [2.24, 2.45) is 5.92 Å². The second kappa shape index (κ2) is 6.41. The molecule has 0 bridgehead atoms. The largest absolute Gasteiger partial charge is 0.334 e. The van der Waals surface area contributed by atoms with E-state index >= 15 is 0 Å². The number of hydrogen-bond donors (Lipinski definition) is 1. The predicted molar refractivity (Wildman–Crippen MR) is 86.8 cm³/mol. The van der Waals surface area contributed by atoms with E-state index in [0.29, 0.717) is 16.8 Å². The molecule has 106 valence electrons. The van der Waals surface area contributed by atoms with Gasteiger partial charge in [-0.15, -0.1) is 0 Å². The van der Waals surface area contributed by atoms with Gasteiger partial charge in [0, 0.05) is 15.6 Å². The standard InChI is InChI=1S/C14H15ClIN3O/c15-11-7-10(3-4-12(11)16)14-18-13(19-20-14)6-9-2-1-5-17-8-9/h3-4,7,9,17H,1-2,5-6,8H2. The number of nitrogens with one attached hydrogen (secondary N) is 1. The molecule has 3 rings (SSSR count). The van der Waals surface area contributed by atoms with Crippen molar-refractivity contribution in [2.45, 2.75) is 19.3 Å². The lowest BCUT2D eigenvalue weighted by Gasteiger charge is -2.20. The maximum absolute atomic E-state index is 6.12. The van der Waals surface area contributed by atoms with Gasteiger partial charge in [-0.3, -0.25) is 0 Å². The third-order valence-electron chi connectivity index (χ3n) is 3.50. The zero-order valence-corrected chi connectivity index (χ0v) is 13.8. The predicted octanol–water partition coefficient (Wildman–Crippen LogP) is 3.54. The maximum Gasteiger partial charge on any atom is 0.257 e. The van der Waals surface area contributed by atoms with E-state index in [1.807, 2.05) is 18.2 Å². The summed E-state index contributed by atoms with van der Waals surface area (Å²) in [5.74, 6) is 1.93. The Morgan fingerprint density at radius 2 is 2.35 bits per heavy atom. The number of benzene rings is 1. The first-order chi connectivity index (χ1) is 9.72. The van der Waals surface area contributed by atoms with Gasteiger partial charge in [0.1, 0.15) is 0 Å². The minimum absolute atomic E-state index is 0.544. The zero-order chi connectivity index (χ0) is 13.9. The zero-order valence-electron chi connectivity index (χ0n) is 10.9. The highest BCUT2D eigenvalue weighted by molar-refractivity contribution is 14.1. The van der Waals surface area contributed by atoms with Crippen LogP contribution in [0.5, 0.6) is 0 Å². The molecular weight excluding hydrogens is 389 g/mol. The molecule has 1 saturated heterocycles. The van der Waals surface area contributed by atoms with E-state index in [1.165, 1.54) is 12.8 Å². The fourth-order valence-corrected chi connectivity index (χ4v) is 2.96. The minimum Gasteiger partial charge on any atom is -0.334 e. The minimum atomic E-state index is 0.544. The first-order valence-corrected chi connectivity index (χ1v) is 8.17. The molecule has 1 unspecified atom stereocenters. The van der Waals surface area contributed by atoms with Crippen LogP contribution in [0, 0.1) is 9.49 Å². The Balaban J connectivity index is 1.73. The van der Waals surface area contributed by atoms with Crippen molar-refractivity contribution in [1.82, 2.24) is 15.5 Å². The molecule has 1 fully saturated rings. The van der Waals surface area contributed by atoms with Gasteiger partial charge in [-0.05, 0) is 72.6 Å². The molecule has 20 heavy (non-hydrogen) atoms. The fourth-order valence-electron chi connectivity index (χ4n) is 2.44. The normalized spacial score (nSPS) is 19.2. The Hall–Kier alpha value is -0.660. The smallest absolute Gasteiger partial charge is 0.257 e. The highest BCUT2D eigenvalue weighted by Crippen LogP contribution is 2.26. The number of nitrogens with zero attached hydrogens (tertiary/aromatic N) is 2. The van der Waals surface area contributed by atoms with Gasteiger partial charge in [0.05, 0.1) is 5.02 Å². The molecule has 0 saturated carbocycles. The average molecular weight is 404 g/mol. The average Bonchev–Trinajstić information content (AvgIpc) is 2.91. The van der Waals surface area contributed by atoms with Crippen molar-refractivity contribution in [2.75, 3.05) is 13.1 Å². The van der Waals surface area contributed by atoms with Crippen molar-refractivity contribution in [3.63, 3.8) is 0 Å². The number of piperidine rings is 1.